The standard InChI is InChI=1S/C16H20ClN5O/c1-21-6-7-22(9-12-4-5-18-8-13(12)17)10-14(21)16-19-15(20-23-16)11-2-3-11/h4-5,8,11,14H,2-3,6-7,9-10H2,1H3/t14-/m1/s1. The quantitative estimate of drug-likeness (QED) is 0.856. The second-order valence-corrected chi connectivity index (χ2v) is 6.87. The van der Waals surface area contributed by atoms with Crippen LogP contribution in [0.15, 0.2) is 23.0 Å². The maximum Gasteiger partial charge on any atom is 0.245 e. The molecule has 122 valence electrons. The molecule has 1 atom stereocenters. The lowest BCUT2D eigenvalue weighted by molar-refractivity contribution is 0.0714. The molecule has 1 aliphatic heterocycles. The van der Waals surface area contributed by atoms with Crippen LogP contribution in [0.3, 0.4) is 0 Å². The molecule has 2 fully saturated rings. The Balaban J connectivity index is 1.47. The smallest absolute Gasteiger partial charge is 0.245 e. The van der Waals surface area contributed by atoms with Gasteiger partial charge in [-0.05, 0) is 31.5 Å². The maximum absolute atomic E-state index is 6.23. The summed E-state index contributed by atoms with van der Waals surface area (Å²) >= 11 is 6.23. The van der Waals surface area contributed by atoms with E-state index in [0.29, 0.717) is 5.92 Å². The summed E-state index contributed by atoms with van der Waals surface area (Å²) in [5.74, 6) is 2.13. The predicted molar refractivity (Wildman–Crippen MR) is 86.2 cm³/mol. The third kappa shape index (κ3) is 3.24. The summed E-state index contributed by atoms with van der Waals surface area (Å²) in [6.07, 6.45) is 5.86. The van der Waals surface area contributed by atoms with Crippen LogP contribution in [0.25, 0.3) is 0 Å². The number of hydrogen-bond donors (Lipinski definition) is 0. The van der Waals surface area contributed by atoms with Crippen molar-refractivity contribution in [3.63, 3.8) is 0 Å². The molecule has 0 radical (unpaired) electrons. The first-order chi connectivity index (χ1) is 11.2. The van der Waals surface area contributed by atoms with E-state index in [9.17, 15) is 0 Å². The molecule has 0 N–H and O–H groups in total. The van der Waals surface area contributed by atoms with E-state index in [-0.39, 0.29) is 6.04 Å². The molecule has 3 heterocycles. The molecule has 1 saturated heterocycles. The van der Waals surface area contributed by atoms with Gasteiger partial charge in [0.15, 0.2) is 5.82 Å². The Morgan fingerprint density at radius 2 is 2.22 bits per heavy atom. The lowest BCUT2D eigenvalue weighted by Crippen LogP contribution is -2.46. The fraction of sp³-hybridized carbons (Fsp3) is 0.562. The fourth-order valence-corrected chi connectivity index (χ4v) is 3.18. The zero-order chi connectivity index (χ0) is 15.8. The van der Waals surface area contributed by atoms with E-state index in [0.717, 1.165) is 48.5 Å². The molecule has 1 aliphatic carbocycles. The van der Waals surface area contributed by atoms with Gasteiger partial charge in [0.2, 0.25) is 5.89 Å². The minimum Gasteiger partial charge on any atom is -0.338 e. The Bertz CT molecular complexity index is 687. The van der Waals surface area contributed by atoms with Crippen molar-refractivity contribution in [1.82, 2.24) is 24.9 Å². The first-order valence-corrected chi connectivity index (χ1v) is 8.43. The van der Waals surface area contributed by atoms with Gasteiger partial charge in [-0.3, -0.25) is 14.8 Å². The summed E-state index contributed by atoms with van der Waals surface area (Å²) in [7, 11) is 2.11. The molecule has 0 unspecified atom stereocenters. The van der Waals surface area contributed by atoms with Crippen molar-refractivity contribution >= 4 is 11.6 Å². The summed E-state index contributed by atoms with van der Waals surface area (Å²) in [5.41, 5.74) is 1.11. The van der Waals surface area contributed by atoms with Gasteiger partial charge in [0.25, 0.3) is 0 Å². The van der Waals surface area contributed by atoms with E-state index in [2.05, 4.69) is 32.0 Å². The number of rotatable bonds is 4. The van der Waals surface area contributed by atoms with Gasteiger partial charge in [-0.1, -0.05) is 16.8 Å². The monoisotopic (exact) mass is 333 g/mol. The molecule has 2 aliphatic rings. The highest BCUT2D eigenvalue weighted by Crippen LogP contribution is 2.39. The van der Waals surface area contributed by atoms with Crippen molar-refractivity contribution in [2.45, 2.75) is 31.3 Å². The third-order valence-corrected chi connectivity index (χ3v) is 5.01. The Kier molecular flexibility index (Phi) is 4.05. The molecular weight excluding hydrogens is 314 g/mol. The molecule has 7 heteroatoms. The van der Waals surface area contributed by atoms with Crippen LogP contribution in [0.5, 0.6) is 0 Å². The maximum atomic E-state index is 6.23. The largest absolute Gasteiger partial charge is 0.338 e. The minimum absolute atomic E-state index is 0.143. The Hall–Kier alpha value is -1.50. The van der Waals surface area contributed by atoms with Gasteiger partial charge < -0.3 is 4.52 Å². The van der Waals surface area contributed by atoms with Crippen LogP contribution in [-0.2, 0) is 6.54 Å². The van der Waals surface area contributed by atoms with Crippen molar-refractivity contribution in [3.8, 4) is 0 Å². The van der Waals surface area contributed by atoms with Gasteiger partial charge in [0.1, 0.15) is 6.04 Å². The van der Waals surface area contributed by atoms with Crippen LogP contribution < -0.4 is 0 Å². The summed E-state index contributed by atoms with van der Waals surface area (Å²) in [6.45, 7) is 3.64. The fourth-order valence-electron chi connectivity index (χ4n) is 3.00. The van der Waals surface area contributed by atoms with E-state index in [1.807, 2.05) is 6.07 Å². The third-order valence-electron chi connectivity index (χ3n) is 4.67. The van der Waals surface area contributed by atoms with Crippen LogP contribution in [0.2, 0.25) is 5.02 Å². The summed E-state index contributed by atoms with van der Waals surface area (Å²) in [4.78, 5) is 13.3. The van der Waals surface area contributed by atoms with Crippen LogP contribution in [0.4, 0.5) is 0 Å². The number of nitrogens with zero attached hydrogens (tertiary/aromatic N) is 5. The summed E-state index contributed by atoms with van der Waals surface area (Å²) < 4.78 is 5.53. The highest BCUT2D eigenvalue weighted by molar-refractivity contribution is 6.31. The molecule has 0 spiro atoms. The summed E-state index contributed by atoms with van der Waals surface area (Å²) in [6, 6.07) is 2.12. The van der Waals surface area contributed by atoms with E-state index < -0.39 is 0 Å². The lowest BCUT2D eigenvalue weighted by atomic mass is 10.1. The van der Waals surface area contributed by atoms with Gasteiger partial charge in [-0.15, -0.1) is 0 Å². The molecule has 0 aromatic carbocycles. The van der Waals surface area contributed by atoms with E-state index in [1.54, 1.807) is 12.4 Å². The summed E-state index contributed by atoms with van der Waals surface area (Å²) in [5, 5.41) is 4.87. The van der Waals surface area contributed by atoms with Crippen molar-refractivity contribution < 1.29 is 4.52 Å². The zero-order valence-corrected chi connectivity index (χ0v) is 13.9. The molecule has 4 rings (SSSR count). The molecule has 2 aromatic rings. The van der Waals surface area contributed by atoms with Gasteiger partial charge in [0.05, 0.1) is 5.02 Å². The van der Waals surface area contributed by atoms with Gasteiger partial charge in [-0.25, -0.2) is 0 Å². The first-order valence-electron chi connectivity index (χ1n) is 8.05. The van der Waals surface area contributed by atoms with E-state index >= 15 is 0 Å². The van der Waals surface area contributed by atoms with E-state index in [1.165, 1.54) is 12.8 Å². The zero-order valence-electron chi connectivity index (χ0n) is 13.2. The second-order valence-electron chi connectivity index (χ2n) is 6.46. The van der Waals surface area contributed by atoms with Crippen molar-refractivity contribution in [2.75, 3.05) is 26.7 Å². The number of piperazine rings is 1. The van der Waals surface area contributed by atoms with Gasteiger partial charge >= 0.3 is 0 Å². The predicted octanol–water partition coefficient (Wildman–Crippen LogP) is 2.48. The molecule has 6 nitrogen and oxygen atoms in total. The number of likely N-dealkylation sites (N-methyl/N-ethyl adjacent to an activating group) is 1. The average molecular weight is 334 g/mol. The van der Waals surface area contributed by atoms with Crippen molar-refractivity contribution in [2.24, 2.45) is 0 Å². The van der Waals surface area contributed by atoms with Crippen LogP contribution in [-0.4, -0.2) is 51.6 Å². The molecular formula is C16H20ClN5O. The van der Waals surface area contributed by atoms with Gasteiger partial charge in [0, 0.05) is 44.5 Å². The van der Waals surface area contributed by atoms with Crippen molar-refractivity contribution in [3.05, 3.63) is 40.8 Å². The highest BCUT2D eigenvalue weighted by Gasteiger charge is 2.33. The minimum atomic E-state index is 0.143. The molecule has 0 amide bonds. The molecule has 2 aromatic heterocycles. The Labute approximate surface area is 140 Å². The van der Waals surface area contributed by atoms with E-state index in [4.69, 9.17) is 16.1 Å². The number of hydrogen-bond acceptors (Lipinski definition) is 6. The van der Waals surface area contributed by atoms with Crippen LogP contribution in [0, 0.1) is 0 Å². The second kappa shape index (κ2) is 6.19. The first kappa shape index (κ1) is 15.1. The Morgan fingerprint density at radius 1 is 1.35 bits per heavy atom. The van der Waals surface area contributed by atoms with Crippen LogP contribution in [0.1, 0.15) is 42.1 Å². The van der Waals surface area contributed by atoms with Gasteiger partial charge in [-0.2, -0.15) is 4.98 Å². The normalized spacial score (nSPS) is 23.3. The van der Waals surface area contributed by atoms with Crippen molar-refractivity contribution in [1.29, 1.82) is 0 Å². The number of halogens is 1. The number of aromatic nitrogens is 3. The topological polar surface area (TPSA) is 58.3 Å². The molecule has 23 heavy (non-hydrogen) atoms. The average Bonchev–Trinajstić information content (AvgIpc) is 3.29. The number of pyridine rings is 1. The highest BCUT2D eigenvalue weighted by atomic mass is 35.5. The lowest BCUT2D eigenvalue weighted by Gasteiger charge is -2.37. The SMILES string of the molecule is CN1CCN(Cc2ccncc2Cl)C[C@@H]1c1nc(C2CC2)no1. The Morgan fingerprint density at radius 3 is 3.00 bits per heavy atom. The van der Waals surface area contributed by atoms with Crippen LogP contribution >= 0.6 is 11.6 Å². The molecule has 0 bridgehead atoms. The molecule has 1 saturated carbocycles.